The molecule has 0 fully saturated rings. The first kappa shape index (κ1) is 20.5. The summed E-state index contributed by atoms with van der Waals surface area (Å²) in [6.07, 6.45) is 0. The molecule has 0 unspecified atom stereocenters. The van der Waals surface area contributed by atoms with E-state index in [2.05, 4.69) is 5.32 Å². The molecule has 2 rings (SSSR count). The molecule has 2 aromatic carbocycles. The van der Waals surface area contributed by atoms with Gasteiger partial charge in [-0.25, -0.2) is 8.70 Å². The average molecular weight is 393 g/mol. The number of nitrogens with zero attached hydrogens (tertiary/aromatic N) is 2. The second-order valence-electron chi connectivity index (χ2n) is 5.96. The Bertz CT molecular complexity index is 943. The summed E-state index contributed by atoms with van der Waals surface area (Å²) in [6, 6.07) is 11.1. The summed E-state index contributed by atoms with van der Waals surface area (Å²) in [5, 5.41) is 2.57. The van der Waals surface area contributed by atoms with Crippen LogP contribution in [0.5, 0.6) is 0 Å². The van der Waals surface area contributed by atoms with Gasteiger partial charge in [0.2, 0.25) is 5.91 Å². The van der Waals surface area contributed by atoms with Crippen LogP contribution in [0.2, 0.25) is 0 Å². The van der Waals surface area contributed by atoms with E-state index < -0.39 is 28.5 Å². The van der Waals surface area contributed by atoms with Crippen molar-refractivity contribution in [2.24, 2.45) is 0 Å². The van der Waals surface area contributed by atoms with E-state index >= 15 is 0 Å². The van der Waals surface area contributed by atoms with Crippen LogP contribution in [0, 0.1) is 5.82 Å². The van der Waals surface area contributed by atoms with Gasteiger partial charge in [0.1, 0.15) is 12.4 Å². The van der Waals surface area contributed by atoms with Crippen molar-refractivity contribution in [1.82, 2.24) is 4.31 Å². The summed E-state index contributed by atoms with van der Waals surface area (Å²) in [6.45, 7) is 0.886. The number of benzene rings is 2. The fourth-order valence-corrected chi connectivity index (χ4v) is 3.32. The molecule has 0 aliphatic rings. The Kier molecular flexibility index (Phi) is 6.29. The van der Waals surface area contributed by atoms with Crippen LogP contribution in [0.1, 0.15) is 17.3 Å². The minimum absolute atomic E-state index is 0.151. The standard InChI is InChI=1S/C18H20FN3O4S/c1-13(23)14-5-4-6-16(11-14)20-18(24)12-22(27(25,26)21(2)3)17-9-7-15(19)8-10-17/h4-11H,12H2,1-3H3,(H,20,24). The number of nitrogens with one attached hydrogen (secondary N) is 1. The van der Waals surface area contributed by atoms with Gasteiger partial charge in [0.05, 0.1) is 5.69 Å². The number of carbonyl (C=O) groups excluding carboxylic acids is 2. The number of Topliss-reactive ketones (excluding diaryl/α,β-unsaturated/α-hetero) is 1. The van der Waals surface area contributed by atoms with Crippen molar-refractivity contribution in [3.63, 3.8) is 0 Å². The molecule has 27 heavy (non-hydrogen) atoms. The molecule has 0 saturated carbocycles. The van der Waals surface area contributed by atoms with Crippen molar-refractivity contribution in [1.29, 1.82) is 0 Å². The van der Waals surface area contributed by atoms with Crippen molar-refractivity contribution in [3.8, 4) is 0 Å². The van der Waals surface area contributed by atoms with E-state index in [1.165, 1.54) is 39.2 Å². The Balaban J connectivity index is 2.27. The third kappa shape index (κ3) is 5.11. The third-order valence-electron chi connectivity index (χ3n) is 3.69. The highest BCUT2D eigenvalue weighted by atomic mass is 32.2. The maximum atomic E-state index is 13.2. The second kappa shape index (κ2) is 8.28. The molecular formula is C18H20FN3O4S. The predicted octanol–water partition coefficient (Wildman–Crippen LogP) is 2.28. The largest absolute Gasteiger partial charge is 0.324 e. The normalized spacial score (nSPS) is 11.3. The van der Waals surface area contributed by atoms with Crippen molar-refractivity contribution < 1.29 is 22.4 Å². The van der Waals surface area contributed by atoms with E-state index in [4.69, 9.17) is 0 Å². The Morgan fingerprint density at radius 2 is 1.70 bits per heavy atom. The molecule has 9 heteroatoms. The monoisotopic (exact) mass is 393 g/mol. The molecule has 0 bridgehead atoms. The van der Waals surface area contributed by atoms with Crippen LogP contribution in [0.25, 0.3) is 0 Å². The predicted molar refractivity (Wildman–Crippen MR) is 101 cm³/mol. The van der Waals surface area contributed by atoms with E-state index in [-0.39, 0.29) is 11.5 Å². The average Bonchev–Trinajstić information content (AvgIpc) is 2.60. The summed E-state index contributed by atoms with van der Waals surface area (Å²) in [5.41, 5.74) is 0.941. The zero-order valence-electron chi connectivity index (χ0n) is 15.1. The lowest BCUT2D eigenvalue weighted by molar-refractivity contribution is -0.114. The van der Waals surface area contributed by atoms with E-state index in [0.29, 0.717) is 11.3 Å². The van der Waals surface area contributed by atoms with Gasteiger partial charge in [0, 0.05) is 25.3 Å². The summed E-state index contributed by atoms with van der Waals surface area (Å²) >= 11 is 0. The summed E-state index contributed by atoms with van der Waals surface area (Å²) in [4.78, 5) is 23.9. The number of carbonyl (C=O) groups is 2. The molecule has 2 aromatic rings. The maximum absolute atomic E-state index is 13.2. The van der Waals surface area contributed by atoms with Crippen molar-refractivity contribution in [2.45, 2.75) is 6.92 Å². The fraction of sp³-hybridized carbons (Fsp3) is 0.222. The molecule has 0 saturated heterocycles. The molecule has 144 valence electrons. The third-order valence-corrected chi connectivity index (χ3v) is 5.51. The number of rotatable bonds is 7. The van der Waals surface area contributed by atoms with Gasteiger partial charge in [-0.2, -0.15) is 12.7 Å². The first-order valence-electron chi connectivity index (χ1n) is 7.98. The minimum Gasteiger partial charge on any atom is -0.324 e. The number of anilines is 2. The van der Waals surface area contributed by atoms with Crippen LogP contribution >= 0.6 is 0 Å². The van der Waals surface area contributed by atoms with Gasteiger partial charge in [0.15, 0.2) is 5.78 Å². The summed E-state index contributed by atoms with van der Waals surface area (Å²) in [7, 11) is -1.32. The zero-order valence-corrected chi connectivity index (χ0v) is 16.0. The van der Waals surface area contributed by atoms with E-state index in [1.807, 2.05) is 0 Å². The van der Waals surface area contributed by atoms with E-state index in [0.717, 1.165) is 20.7 Å². The van der Waals surface area contributed by atoms with E-state index in [9.17, 15) is 22.4 Å². The van der Waals surface area contributed by atoms with Gasteiger partial charge in [-0.05, 0) is 43.3 Å². The van der Waals surface area contributed by atoms with Crippen LogP contribution in [0.15, 0.2) is 48.5 Å². The van der Waals surface area contributed by atoms with Gasteiger partial charge >= 0.3 is 10.2 Å². The van der Waals surface area contributed by atoms with Crippen LogP contribution in [-0.4, -0.2) is 45.1 Å². The number of halogens is 1. The molecule has 1 amide bonds. The first-order chi connectivity index (χ1) is 12.6. The van der Waals surface area contributed by atoms with Crippen LogP contribution < -0.4 is 9.62 Å². The fourth-order valence-electron chi connectivity index (χ4n) is 2.26. The van der Waals surface area contributed by atoms with Gasteiger partial charge in [-0.1, -0.05) is 12.1 Å². The lowest BCUT2D eigenvalue weighted by atomic mass is 10.1. The van der Waals surface area contributed by atoms with Crippen LogP contribution in [0.4, 0.5) is 15.8 Å². The van der Waals surface area contributed by atoms with Gasteiger partial charge in [-0.3, -0.25) is 9.59 Å². The van der Waals surface area contributed by atoms with Crippen molar-refractivity contribution >= 4 is 33.3 Å². The maximum Gasteiger partial charge on any atom is 0.304 e. The number of amides is 1. The molecule has 0 radical (unpaired) electrons. The quantitative estimate of drug-likeness (QED) is 0.731. The highest BCUT2D eigenvalue weighted by molar-refractivity contribution is 7.90. The van der Waals surface area contributed by atoms with Crippen LogP contribution in [0.3, 0.4) is 0 Å². The lowest BCUT2D eigenvalue weighted by Crippen LogP contribution is -2.44. The van der Waals surface area contributed by atoms with Crippen molar-refractivity contribution in [3.05, 3.63) is 59.9 Å². The zero-order chi connectivity index (χ0) is 20.2. The molecule has 0 aliphatic carbocycles. The Morgan fingerprint density at radius 1 is 1.07 bits per heavy atom. The molecular weight excluding hydrogens is 373 g/mol. The Hall–Kier alpha value is -2.78. The Morgan fingerprint density at radius 3 is 2.26 bits per heavy atom. The molecule has 0 spiro atoms. The number of hydrogen-bond donors (Lipinski definition) is 1. The van der Waals surface area contributed by atoms with Gasteiger partial charge < -0.3 is 5.32 Å². The molecule has 0 aromatic heterocycles. The topological polar surface area (TPSA) is 86.8 Å². The Labute approximate surface area is 157 Å². The molecule has 0 aliphatic heterocycles. The van der Waals surface area contributed by atoms with Gasteiger partial charge in [-0.15, -0.1) is 0 Å². The smallest absolute Gasteiger partial charge is 0.304 e. The SMILES string of the molecule is CC(=O)c1cccc(NC(=O)CN(c2ccc(F)cc2)S(=O)(=O)N(C)C)c1. The van der Waals surface area contributed by atoms with Gasteiger partial charge in [0.25, 0.3) is 0 Å². The van der Waals surface area contributed by atoms with Crippen LogP contribution in [-0.2, 0) is 15.0 Å². The van der Waals surface area contributed by atoms with E-state index in [1.54, 1.807) is 18.2 Å². The highest BCUT2D eigenvalue weighted by Gasteiger charge is 2.27. The molecule has 0 atom stereocenters. The number of hydrogen-bond acceptors (Lipinski definition) is 4. The number of ketones is 1. The van der Waals surface area contributed by atoms with Crippen molar-refractivity contribution in [2.75, 3.05) is 30.3 Å². The summed E-state index contributed by atoms with van der Waals surface area (Å²) in [5.74, 6) is -1.29. The highest BCUT2D eigenvalue weighted by Crippen LogP contribution is 2.20. The second-order valence-corrected chi connectivity index (χ2v) is 8.03. The minimum atomic E-state index is -3.98. The molecule has 1 N–H and O–H groups in total. The lowest BCUT2D eigenvalue weighted by Gasteiger charge is -2.26. The summed E-state index contributed by atoms with van der Waals surface area (Å²) < 4.78 is 40.2. The molecule has 7 nitrogen and oxygen atoms in total. The first-order valence-corrected chi connectivity index (χ1v) is 9.37. The molecule has 0 heterocycles.